The predicted molar refractivity (Wildman–Crippen MR) is 82.7 cm³/mol. The number of halogens is 2. The number of likely N-dealkylation sites (tertiary alicyclic amines) is 1. The Bertz CT molecular complexity index is 349. The maximum atomic E-state index is 12.3. The summed E-state index contributed by atoms with van der Waals surface area (Å²) in [6, 6.07) is 1.22. The Labute approximate surface area is 132 Å². The molecule has 3 fully saturated rings. The second-order valence-electron chi connectivity index (χ2n) is 6.20. The molecule has 1 amide bonds. The van der Waals surface area contributed by atoms with Crippen molar-refractivity contribution in [3.8, 4) is 0 Å². The second kappa shape index (κ2) is 6.79. The van der Waals surface area contributed by atoms with Crippen LogP contribution in [0.2, 0.25) is 0 Å². The third-order valence-electron chi connectivity index (χ3n) is 4.85. The molecule has 118 valence electrons. The van der Waals surface area contributed by atoms with Crippen LogP contribution in [0.4, 0.5) is 0 Å². The fourth-order valence-corrected chi connectivity index (χ4v) is 3.50. The zero-order valence-corrected chi connectivity index (χ0v) is 13.4. The molecule has 0 saturated carbocycles. The summed E-state index contributed by atoms with van der Waals surface area (Å²) in [5.41, 5.74) is -1.14. The highest BCUT2D eigenvalue weighted by Crippen LogP contribution is 2.29. The highest BCUT2D eigenvalue weighted by Gasteiger charge is 2.44. The molecule has 3 saturated heterocycles. The number of hydrogen-bond donors (Lipinski definition) is 3. The summed E-state index contributed by atoms with van der Waals surface area (Å²) < 4.78 is 0. The first-order valence-corrected chi connectivity index (χ1v) is 7.05. The molecule has 7 heteroatoms. The summed E-state index contributed by atoms with van der Waals surface area (Å²) >= 11 is 0. The Balaban J connectivity index is 0.000001000. The van der Waals surface area contributed by atoms with E-state index >= 15 is 0 Å². The molecule has 3 aliphatic rings. The number of nitrogens with zero attached hydrogens (tertiary/aromatic N) is 1. The van der Waals surface area contributed by atoms with Gasteiger partial charge in [0.1, 0.15) is 5.60 Å². The Hall–Kier alpha value is -0.0700. The van der Waals surface area contributed by atoms with E-state index in [0.29, 0.717) is 24.9 Å². The van der Waals surface area contributed by atoms with Crippen LogP contribution >= 0.6 is 24.8 Å². The summed E-state index contributed by atoms with van der Waals surface area (Å²) in [5, 5.41) is 17.0. The molecule has 0 aromatic heterocycles. The number of hydrogen-bond acceptors (Lipinski definition) is 4. The fourth-order valence-electron chi connectivity index (χ4n) is 3.50. The molecule has 3 heterocycles. The van der Waals surface area contributed by atoms with Gasteiger partial charge in [0, 0.05) is 31.2 Å². The number of rotatable bonds is 2. The Morgan fingerprint density at radius 2 is 1.95 bits per heavy atom. The van der Waals surface area contributed by atoms with E-state index in [1.807, 2.05) is 7.05 Å². The molecule has 0 radical (unpaired) electrons. The number of amides is 1. The van der Waals surface area contributed by atoms with Crippen LogP contribution in [0, 0.1) is 0 Å². The van der Waals surface area contributed by atoms with Crippen molar-refractivity contribution in [1.82, 2.24) is 15.5 Å². The molecule has 0 aliphatic carbocycles. The minimum absolute atomic E-state index is 0. The standard InChI is InChI=1S/C13H23N3O2.2ClH/c1-16-6-4-13(18,5-7-16)12(17)15-11-8-9-2-3-10(11)14-9;;/h9-11,14,18H,2-8H2,1H3,(H,15,17);2*1H/t9-,10+,11+;;/m1../s1. The van der Waals surface area contributed by atoms with Crippen LogP contribution in [0.1, 0.15) is 32.1 Å². The third-order valence-corrected chi connectivity index (χ3v) is 4.85. The summed E-state index contributed by atoms with van der Waals surface area (Å²) in [6.07, 6.45) is 4.49. The lowest BCUT2D eigenvalue weighted by atomic mass is 9.89. The maximum Gasteiger partial charge on any atom is 0.252 e. The van der Waals surface area contributed by atoms with Crippen molar-refractivity contribution >= 4 is 30.7 Å². The minimum Gasteiger partial charge on any atom is -0.380 e. The fraction of sp³-hybridized carbons (Fsp3) is 0.923. The number of carbonyl (C=O) groups is 1. The number of piperidine rings is 1. The van der Waals surface area contributed by atoms with Gasteiger partial charge in [0.05, 0.1) is 0 Å². The number of aliphatic hydroxyl groups is 1. The molecule has 2 bridgehead atoms. The van der Waals surface area contributed by atoms with E-state index in [-0.39, 0.29) is 36.8 Å². The Morgan fingerprint density at radius 3 is 2.45 bits per heavy atom. The molecule has 3 atom stereocenters. The normalized spacial score (nSPS) is 35.0. The van der Waals surface area contributed by atoms with Crippen LogP contribution in [-0.4, -0.2) is 59.8 Å². The summed E-state index contributed by atoms with van der Waals surface area (Å²) in [5.74, 6) is -0.157. The predicted octanol–water partition coefficient (Wildman–Crippen LogP) is 0.296. The number of fused-ring (bicyclic) bond motifs is 2. The lowest BCUT2D eigenvalue weighted by Crippen LogP contribution is -2.56. The third kappa shape index (κ3) is 3.39. The van der Waals surface area contributed by atoms with Gasteiger partial charge < -0.3 is 20.6 Å². The van der Waals surface area contributed by atoms with E-state index in [1.54, 1.807) is 0 Å². The number of carbonyl (C=O) groups excluding carboxylic acids is 1. The van der Waals surface area contributed by atoms with E-state index in [2.05, 4.69) is 15.5 Å². The molecule has 3 rings (SSSR count). The molecular formula is C13H25Cl2N3O2. The first kappa shape index (κ1) is 18.0. The van der Waals surface area contributed by atoms with Gasteiger partial charge >= 0.3 is 0 Å². The van der Waals surface area contributed by atoms with Crippen LogP contribution < -0.4 is 10.6 Å². The van der Waals surface area contributed by atoms with Crippen molar-refractivity contribution in [3.63, 3.8) is 0 Å². The SMILES string of the molecule is CN1CCC(O)(C(=O)N[C@H]2C[C@H]3CC[C@@H]2N3)CC1.Cl.Cl. The minimum atomic E-state index is -1.14. The maximum absolute atomic E-state index is 12.3. The molecule has 0 spiro atoms. The highest BCUT2D eigenvalue weighted by molar-refractivity contribution is 5.86. The molecular weight excluding hydrogens is 301 g/mol. The summed E-state index contributed by atoms with van der Waals surface area (Å²) in [7, 11) is 2.03. The van der Waals surface area contributed by atoms with Crippen molar-refractivity contribution in [1.29, 1.82) is 0 Å². The second-order valence-corrected chi connectivity index (χ2v) is 6.20. The van der Waals surface area contributed by atoms with Crippen LogP contribution in [0.3, 0.4) is 0 Å². The van der Waals surface area contributed by atoms with Gasteiger partial charge in [0.2, 0.25) is 0 Å². The highest BCUT2D eigenvalue weighted by atomic mass is 35.5. The van der Waals surface area contributed by atoms with E-state index in [1.165, 1.54) is 6.42 Å². The van der Waals surface area contributed by atoms with Gasteiger partial charge in [-0.2, -0.15) is 0 Å². The van der Waals surface area contributed by atoms with Gasteiger partial charge in [-0.3, -0.25) is 4.79 Å². The van der Waals surface area contributed by atoms with E-state index in [4.69, 9.17) is 0 Å². The van der Waals surface area contributed by atoms with Crippen molar-refractivity contribution in [2.24, 2.45) is 0 Å². The molecule has 5 nitrogen and oxygen atoms in total. The zero-order chi connectivity index (χ0) is 12.8. The molecule has 20 heavy (non-hydrogen) atoms. The zero-order valence-electron chi connectivity index (χ0n) is 11.8. The van der Waals surface area contributed by atoms with Gasteiger partial charge in [-0.05, 0) is 39.2 Å². The van der Waals surface area contributed by atoms with E-state index in [9.17, 15) is 9.90 Å². The van der Waals surface area contributed by atoms with E-state index in [0.717, 1.165) is 25.9 Å². The quantitative estimate of drug-likeness (QED) is 0.683. The first-order chi connectivity index (χ1) is 8.57. The van der Waals surface area contributed by atoms with Gasteiger partial charge in [-0.15, -0.1) is 24.8 Å². The first-order valence-electron chi connectivity index (χ1n) is 7.05. The van der Waals surface area contributed by atoms with Crippen LogP contribution in [0.15, 0.2) is 0 Å². The van der Waals surface area contributed by atoms with Crippen molar-refractivity contribution < 1.29 is 9.90 Å². The Morgan fingerprint density at radius 1 is 1.30 bits per heavy atom. The summed E-state index contributed by atoms with van der Waals surface area (Å²) in [6.45, 7) is 1.58. The lowest BCUT2D eigenvalue weighted by molar-refractivity contribution is -0.145. The van der Waals surface area contributed by atoms with Crippen LogP contribution in [-0.2, 0) is 4.79 Å². The van der Waals surface area contributed by atoms with Gasteiger partial charge in [0.25, 0.3) is 5.91 Å². The van der Waals surface area contributed by atoms with Gasteiger partial charge in [-0.1, -0.05) is 0 Å². The van der Waals surface area contributed by atoms with Gasteiger partial charge in [-0.25, -0.2) is 0 Å². The topological polar surface area (TPSA) is 64.6 Å². The monoisotopic (exact) mass is 325 g/mol. The van der Waals surface area contributed by atoms with Crippen molar-refractivity contribution in [2.75, 3.05) is 20.1 Å². The average molecular weight is 326 g/mol. The van der Waals surface area contributed by atoms with Crippen LogP contribution in [0.25, 0.3) is 0 Å². The van der Waals surface area contributed by atoms with Gasteiger partial charge in [0.15, 0.2) is 0 Å². The summed E-state index contributed by atoms with van der Waals surface area (Å²) in [4.78, 5) is 14.4. The average Bonchev–Trinajstić information content (AvgIpc) is 2.95. The van der Waals surface area contributed by atoms with E-state index < -0.39 is 5.60 Å². The smallest absolute Gasteiger partial charge is 0.252 e. The number of nitrogens with one attached hydrogen (secondary N) is 2. The molecule has 3 aliphatic heterocycles. The molecule has 3 N–H and O–H groups in total. The van der Waals surface area contributed by atoms with Crippen molar-refractivity contribution in [3.05, 3.63) is 0 Å². The van der Waals surface area contributed by atoms with Crippen molar-refractivity contribution in [2.45, 2.75) is 55.8 Å². The molecule has 0 aromatic carbocycles. The Kier molecular flexibility index (Phi) is 6.11. The largest absolute Gasteiger partial charge is 0.380 e. The molecule has 0 aromatic rings. The lowest BCUT2D eigenvalue weighted by Gasteiger charge is -2.36. The molecule has 0 unspecified atom stereocenters. The van der Waals surface area contributed by atoms with Crippen LogP contribution in [0.5, 0.6) is 0 Å².